The third kappa shape index (κ3) is 3.13. The summed E-state index contributed by atoms with van der Waals surface area (Å²) in [7, 11) is 1.51. The lowest BCUT2D eigenvalue weighted by atomic mass is 10.2. The highest BCUT2D eigenvalue weighted by Gasteiger charge is 2.27. The van der Waals surface area contributed by atoms with Crippen molar-refractivity contribution in [2.75, 3.05) is 18.7 Å². The van der Waals surface area contributed by atoms with Crippen molar-refractivity contribution in [1.82, 2.24) is 15.0 Å². The lowest BCUT2D eigenvalue weighted by Crippen LogP contribution is -2.27. The van der Waals surface area contributed by atoms with Crippen LogP contribution in [0.4, 0.5) is 5.95 Å². The van der Waals surface area contributed by atoms with Gasteiger partial charge in [0.25, 0.3) is 0 Å². The molecule has 94 valence electrons. The second-order valence-electron chi connectivity index (χ2n) is 3.87. The number of methoxy groups -OCH3 is 1. The van der Waals surface area contributed by atoms with E-state index in [0.29, 0.717) is 17.2 Å². The summed E-state index contributed by atoms with van der Waals surface area (Å²) in [6.45, 7) is 0. The Bertz CT molecular complexity index is 393. The monoisotopic (exact) mass is 274 g/mol. The van der Waals surface area contributed by atoms with Crippen molar-refractivity contribution >= 4 is 29.3 Å². The van der Waals surface area contributed by atoms with Gasteiger partial charge in [0.2, 0.25) is 11.2 Å². The number of aromatic nitrogens is 3. The topological polar surface area (TPSA) is 59.9 Å². The van der Waals surface area contributed by atoms with Crippen LogP contribution in [-0.4, -0.2) is 39.6 Å². The maximum atomic E-state index is 5.80. The van der Waals surface area contributed by atoms with Crippen LogP contribution in [-0.2, 0) is 0 Å². The van der Waals surface area contributed by atoms with Gasteiger partial charge in [0.15, 0.2) is 0 Å². The fraction of sp³-hybridized carbons (Fsp3) is 0.700. The van der Waals surface area contributed by atoms with E-state index in [0.717, 1.165) is 6.42 Å². The summed E-state index contributed by atoms with van der Waals surface area (Å²) in [4.78, 5) is 12.0. The summed E-state index contributed by atoms with van der Waals surface area (Å²) < 4.78 is 4.96. The van der Waals surface area contributed by atoms with Gasteiger partial charge in [-0.3, -0.25) is 0 Å². The van der Waals surface area contributed by atoms with Crippen LogP contribution in [0.3, 0.4) is 0 Å². The standard InChI is InChI=1S/C10H15ClN4OS/c1-16-10-14-8(11)13-9(15-10)12-6-4-3-5-7(6)17-2/h6-7H,3-5H2,1-2H3,(H,12,13,14,15). The molecule has 2 unspecified atom stereocenters. The molecule has 1 aliphatic rings. The average Bonchev–Trinajstić information content (AvgIpc) is 2.75. The molecule has 1 saturated carbocycles. The summed E-state index contributed by atoms with van der Waals surface area (Å²) in [5.74, 6) is 0.493. The molecule has 1 N–H and O–H groups in total. The van der Waals surface area contributed by atoms with Crippen LogP contribution < -0.4 is 10.1 Å². The van der Waals surface area contributed by atoms with Crippen molar-refractivity contribution in [2.45, 2.75) is 30.6 Å². The quantitative estimate of drug-likeness (QED) is 0.909. The maximum absolute atomic E-state index is 5.80. The number of ether oxygens (including phenoxy) is 1. The van der Waals surface area contributed by atoms with E-state index in [9.17, 15) is 0 Å². The van der Waals surface area contributed by atoms with Crippen molar-refractivity contribution in [3.8, 4) is 6.01 Å². The Morgan fingerprint density at radius 1 is 1.35 bits per heavy atom. The molecule has 1 fully saturated rings. The Kier molecular flexibility index (Phi) is 4.28. The molecular weight excluding hydrogens is 260 g/mol. The summed E-state index contributed by atoms with van der Waals surface area (Å²) in [5, 5.41) is 4.07. The van der Waals surface area contributed by atoms with Crippen molar-refractivity contribution in [3.63, 3.8) is 0 Å². The minimum atomic E-state index is 0.151. The molecule has 0 aliphatic heterocycles. The highest BCUT2D eigenvalue weighted by molar-refractivity contribution is 7.99. The summed E-state index contributed by atoms with van der Waals surface area (Å²) in [6, 6.07) is 0.638. The first-order valence-corrected chi connectivity index (χ1v) is 7.14. The molecule has 0 saturated heterocycles. The van der Waals surface area contributed by atoms with E-state index in [1.54, 1.807) is 0 Å². The molecule has 7 heteroatoms. The normalized spacial score (nSPS) is 23.7. The highest BCUT2D eigenvalue weighted by Crippen LogP contribution is 2.30. The third-order valence-corrected chi connectivity index (χ3v) is 4.18. The zero-order valence-corrected chi connectivity index (χ0v) is 11.4. The molecule has 1 aromatic heterocycles. The largest absolute Gasteiger partial charge is 0.467 e. The molecule has 2 rings (SSSR count). The number of rotatable bonds is 4. The molecule has 0 radical (unpaired) electrons. The number of halogens is 1. The molecular formula is C10H15ClN4OS. The number of hydrogen-bond donors (Lipinski definition) is 1. The van der Waals surface area contributed by atoms with Crippen molar-refractivity contribution in [3.05, 3.63) is 5.28 Å². The van der Waals surface area contributed by atoms with E-state index >= 15 is 0 Å². The minimum absolute atomic E-state index is 0.151. The van der Waals surface area contributed by atoms with Gasteiger partial charge in [0.05, 0.1) is 7.11 Å². The second kappa shape index (κ2) is 5.73. The van der Waals surface area contributed by atoms with Gasteiger partial charge in [0, 0.05) is 11.3 Å². The van der Waals surface area contributed by atoms with E-state index in [1.165, 1.54) is 20.0 Å². The molecule has 0 amide bonds. The molecule has 1 aromatic rings. The third-order valence-electron chi connectivity index (χ3n) is 2.84. The van der Waals surface area contributed by atoms with Crippen LogP contribution in [0.25, 0.3) is 0 Å². The Hall–Kier alpha value is -0.750. The lowest BCUT2D eigenvalue weighted by molar-refractivity contribution is 0.378. The van der Waals surface area contributed by atoms with Gasteiger partial charge in [-0.25, -0.2) is 0 Å². The molecule has 2 atom stereocenters. The predicted molar refractivity (Wildman–Crippen MR) is 70.0 cm³/mol. The van der Waals surface area contributed by atoms with Gasteiger partial charge in [-0.05, 0) is 30.7 Å². The van der Waals surface area contributed by atoms with E-state index in [1.807, 2.05) is 11.8 Å². The zero-order valence-electron chi connectivity index (χ0n) is 9.81. The first kappa shape index (κ1) is 12.7. The number of nitrogens with one attached hydrogen (secondary N) is 1. The van der Waals surface area contributed by atoms with Gasteiger partial charge < -0.3 is 10.1 Å². The van der Waals surface area contributed by atoms with Crippen LogP contribution in [0, 0.1) is 0 Å². The Morgan fingerprint density at radius 2 is 2.18 bits per heavy atom. The molecule has 17 heavy (non-hydrogen) atoms. The molecule has 1 heterocycles. The minimum Gasteiger partial charge on any atom is -0.467 e. The van der Waals surface area contributed by atoms with Crippen molar-refractivity contribution in [2.24, 2.45) is 0 Å². The Labute approximate surface area is 110 Å². The first-order chi connectivity index (χ1) is 8.22. The van der Waals surface area contributed by atoms with Crippen LogP contribution in [0.15, 0.2) is 0 Å². The van der Waals surface area contributed by atoms with Gasteiger partial charge in [-0.2, -0.15) is 26.7 Å². The number of nitrogens with zero attached hydrogens (tertiary/aromatic N) is 3. The zero-order chi connectivity index (χ0) is 12.3. The van der Waals surface area contributed by atoms with Gasteiger partial charge in [-0.15, -0.1) is 0 Å². The number of hydrogen-bond acceptors (Lipinski definition) is 6. The lowest BCUT2D eigenvalue weighted by Gasteiger charge is -2.18. The average molecular weight is 275 g/mol. The van der Waals surface area contributed by atoms with Gasteiger partial charge >= 0.3 is 6.01 Å². The van der Waals surface area contributed by atoms with Gasteiger partial charge in [0.1, 0.15) is 0 Å². The molecule has 0 spiro atoms. The van der Waals surface area contributed by atoms with E-state index in [2.05, 4.69) is 26.5 Å². The second-order valence-corrected chi connectivity index (χ2v) is 5.29. The van der Waals surface area contributed by atoms with Crippen LogP contribution in [0.5, 0.6) is 6.01 Å². The summed E-state index contributed by atoms with van der Waals surface area (Å²) in [6.07, 6.45) is 5.73. The molecule has 0 bridgehead atoms. The Morgan fingerprint density at radius 3 is 2.88 bits per heavy atom. The molecule has 0 aromatic carbocycles. The fourth-order valence-corrected chi connectivity index (χ4v) is 3.11. The smallest absolute Gasteiger partial charge is 0.322 e. The molecule has 5 nitrogen and oxygen atoms in total. The van der Waals surface area contributed by atoms with Gasteiger partial charge in [-0.1, -0.05) is 6.42 Å². The highest BCUT2D eigenvalue weighted by atomic mass is 35.5. The number of thioether (sulfide) groups is 1. The first-order valence-electron chi connectivity index (χ1n) is 5.48. The van der Waals surface area contributed by atoms with E-state index in [-0.39, 0.29) is 11.3 Å². The summed E-state index contributed by atoms with van der Waals surface area (Å²) in [5.41, 5.74) is 0. The predicted octanol–water partition coefficient (Wildman–Crippen LogP) is 2.23. The maximum Gasteiger partial charge on any atom is 0.322 e. The summed E-state index contributed by atoms with van der Waals surface area (Å²) >= 11 is 7.67. The van der Waals surface area contributed by atoms with Crippen molar-refractivity contribution < 1.29 is 4.74 Å². The SMILES string of the molecule is COc1nc(Cl)nc(NC2CCCC2SC)n1. The number of anilines is 1. The Balaban J connectivity index is 2.09. The van der Waals surface area contributed by atoms with Crippen LogP contribution in [0.1, 0.15) is 19.3 Å². The van der Waals surface area contributed by atoms with Crippen molar-refractivity contribution in [1.29, 1.82) is 0 Å². The van der Waals surface area contributed by atoms with E-state index in [4.69, 9.17) is 16.3 Å². The molecule has 1 aliphatic carbocycles. The fourth-order valence-electron chi connectivity index (χ4n) is 2.03. The van der Waals surface area contributed by atoms with E-state index < -0.39 is 0 Å². The van der Waals surface area contributed by atoms with Crippen LogP contribution in [0.2, 0.25) is 5.28 Å². The van der Waals surface area contributed by atoms with Crippen LogP contribution >= 0.6 is 23.4 Å².